The third kappa shape index (κ3) is 3.14. The lowest BCUT2D eigenvalue weighted by Gasteiger charge is -2.12. The molecule has 4 nitrogen and oxygen atoms in total. The first-order valence-electron chi connectivity index (χ1n) is 5.81. The van der Waals surface area contributed by atoms with Crippen LogP contribution < -0.4 is 5.73 Å². The average Bonchev–Trinajstić information content (AvgIpc) is 2.41. The molecule has 5 heteroatoms. The van der Waals surface area contributed by atoms with Gasteiger partial charge in [0, 0.05) is 11.6 Å². The van der Waals surface area contributed by atoms with E-state index in [0.717, 1.165) is 11.6 Å². The predicted octanol–water partition coefficient (Wildman–Crippen LogP) is 2.98. The van der Waals surface area contributed by atoms with Crippen LogP contribution in [0, 0.1) is 15.9 Å². The fourth-order valence-corrected chi connectivity index (χ4v) is 1.93. The Hall–Kier alpha value is -2.27. The molecule has 0 saturated heterocycles. The summed E-state index contributed by atoms with van der Waals surface area (Å²) in [6, 6.07) is 12.5. The highest BCUT2D eigenvalue weighted by Gasteiger charge is 2.17. The summed E-state index contributed by atoms with van der Waals surface area (Å²) < 4.78 is 13.0. The molecule has 0 heterocycles. The number of hydrogen-bond acceptors (Lipinski definition) is 3. The normalized spacial score (nSPS) is 12.1. The summed E-state index contributed by atoms with van der Waals surface area (Å²) in [5.74, 6) is -0.622. The number of halogens is 1. The molecule has 0 radical (unpaired) electrons. The molecule has 0 spiro atoms. The topological polar surface area (TPSA) is 69.2 Å². The van der Waals surface area contributed by atoms with Crippen LogP contribution >= 0.6 is 0 Å². The van der Waals surface area contributed by atoms with E-state index in [9.17, 15) is 14.5 Å². The van der Waals surface area contributed by atoms with E-state index < -0.39 is 10.7 Å². The monoisotopic (exact) mass is 260 g/mol. The minimum Gasteiger partial charge on any atom is -0.324 e. The summed E-state index contributed by atoms with van der Waals surface area (Å²) in [5, 5.41) is 10.9. The predicted molar refractivity (Wildman–Crippen MR) is 70.1 cm³/mol. The zero-order valence-corrected chi connectivity index (χ0v) is 10.1. The molecule has 2 N–H and O–H groups in total. The van der Waals surface area contributed by atoms with Crippen LogP contribution in [0.4, 0.5) is 10.1 Å². The number of nitrogens with two attached hydrogens (primary N) is 1. The molecule has 1 unspecified atom stereocenters. The second kappa shape index (κ2) is 5.58. The summed E-state index contributed by atoms with van der Waals surface area (Å²) in [4.78, 5) is 10.3. The van der Waals surface area contributed by atoms with Gasteiger partial charge < -0.3 is 5.73 Å². The van der Waals surface area contributed by atoms with Crippen LogP contribution in [0.1, 0.15) is 17.2 Å². The number of benzene rings is 2. The van der Waals surface area contributed by atoms with Crippen molar-refractivity contribution in [3.05, 3.63) is 75.6 Å². The minimum atomic E-state index is -0.622. The second-order valence-corrected chi connectivity index (χ2v) is 4.25. The van der Waals surface area contributed by atoms with E-state index >= 15 is 0 Å². The Morgan fingerprint density at radius 3 is 2.53 bits per heavy atom. The summed E-state index contributed by atoms with van der Waals surface area (Å²) in [6.07, 6.45) is 0.292. The Bertz CT molecular complexity index is 587. The van der Waals surface area contributed by atoms with E-state index in [-0.39, 0.29) is 11.7 Å². The maximum absolute atomic E-state index is 13.0. The number of nitro groups is 1. The lowest BCUT2D eigenvalue weighted by Crippen LogP contribution is -2.14. The van der Waals surface area contributed by atoms with Crippen molar-refractivity contribution in [3.63, 3.8) is 0 Å². The second-order valence-electron chi connectivity index (χ2n) is 4.25. The van der Waals surface area contributed by atoms with Gasteiger partial charge >= 0.3 is 0 Å². The van der Waals surface area contributed by atoms with Gasteiger partial charge in [0.2, 0.25) is 0 Å². The molecule has 0 aliphatic heterocycles. The van der Waals surface area contributed by atoms with E-state index in [2.05, 4.69) is 0 Å². The number of nitro benzene ring substituents is 1. The van der Waals surface area contributed by atoms with E-state index in [0.29, 0.717) is 12.0 Å². The molecule has 0 saturated carbocycles. The Labute approximate surface area is 109 Å². The molecule has 2 aromatic rings. The quantitative estimate of drug-likeness (QED) is 0.678. The largest absolute Gasteiger partial charge is 0.324 e. The van der Waals surface area contributed by atoms with Gasteiger partial charge in [-0.2, -0.15) is 0 Å². The van der Waals surface area contributed by atoms with E-state index in [1.807, 2.05) is 30.3 Å². The van der Waals surface area contributed by atoms with Gasteiger partial charge in [-0.05, 0) is 24.1 Å². The van der Waals surface area contributed by atoms with Crippen molar-refractivity contribution < 1.29 is 9.31 Å². The summed E-state index contributed by atoms with van der Waals surface area (Å²) in [7, 11) is 0. The van der Waals surface area contributed by atoms with Crippen LogP contribution in [-0.4, -0.2) is 4.92 Å². The van der Waals surface area contributed by atoms with Crippen molar-refractivity contribution in [1.82, 2.24) is 0 Å². The average molecular weight is 260 g/mol. The van der Waals surface area contributed by atoms with Crippen molar-refractivity contribution in [3.8, 4) is 0 Å². The fraction of sp³-hybridized carbons (Fsp3) is 0.143. The molecule has 0 aliphatic rings. The Kier molecular flexibility index (Phi) is 3.87. The van der Waals surface area contributed by atoms with Crippen molar-refractivity contribution in [2.24, 2.45) is 5.73 Å². The SMILES string of the molecule is NC(Cc1ccc(F)cc1[N+](=O)[O-])c1ccccc1. The van der Waals surface area contributed by atoms with Crippen LogP contribution in [0.15, 0.2) is 48.5 Å². The van der Waals surface area contributed by atoms with Crippen molar-refractivity contribution >= 4 is 5.69 Å². The van der Waals surface area contributed by atoms with Gasteiger partial charge in [-0.3, -0.25) is 10.1 Å². The molecule has 19 heavy (non-hydrogen) atoms. The first kappa shape index (κ1) is 13.2. The van der Waals surface area contributed by atoms with Gasteiger partial charge in [0.15, 0.2) is 0 Å². The molecule has 2 aromatic carbocycles. The van der Waals surface area contributed by atoms with Crippen molar-refractivity contribution in [1.29, 1.82) is 0 Å². The lowest BCUT2D eigenvalue weighted by atomic mass is 9.98. The summed E-state index contributed by atoms with van der Waals surface area (Å²) in [6.45, 7) is 0. The molecule has 0 bridgehead atoms. The van der Waals surface area contributed by atoms with E-state index in [1.165, 1.54) is 12.1 Å². The van der Waals surface area contributed by atoms with Gasteiger partial charge in [-0.15, -0.1) is 0 Å². The Balaban J connectivity index is 2.26. The molecular weight excluding hydrogens is 247 g/mol. The van der Waals surface area contributed by atoms with Gasteiger partial charge in [0.25, 0.3) is 5.69 Å². The third-order valence-electron chi connectivity index (χ3n) is 2.91. The maximum Gasteiger partial charge on any atom is 0.275 e. The molecular formula is C14H13FN2O2. The molecule has 1 atom stereocenters. The molecule has 0 amide bonds. The zero-order valence-electron chi connectivity index (χ0n) is 10.1. The highest BCUT2D eigenvalue weighted by Crippen LogP contribution is 2.24. The highest BCUT2D eigenvalue weighted by molar-refractivity contribution is 5.41. The highest BCUT2D eigenvalue weighted by atomic mass is 19.1. The van der Waals surface area contributed by atoms with E-state index in [1.54, 1.807) is 0 Å². The van der Waals surface area contributed by atoms with Crippen molar-refractivity contribution in [2.45, 2.75) is 12.5 Å². The molecule has 2 rings (SSSR count). The number of nitrogens with zero attached hydrogens (tertiary/aromatic N) is 1. The Morgan fingerprint density at radius 2 is 1.89 bits per heavy atom. The lowest BCUT2D eigenvalue weighted by molar-refractivity contribution is -0.385. The van der Waals surface area contributed by atoms with Crippen molar-refractivity contribution in [2.75, 3.05) is 0 Å². The molecule has 0 aromatic heterocycles. The van der Waals surface area contributed by atoms with E-state index in [4.69, 9.17) is 5.73 Å². The van der Waals surface area contributed by atoms with Crippen LogP contribution in [0.25, 0.3) is 0 Å². The van der Waals surface area contributed by atoms with Crippen LogP contribution in [-0.2, 0) is 6.42 Å². The number of rotatable bonds is 4. The standard InChI is InChI=1S/C14H13FN2O2/c15-12-7-6-11(14(9-12)17(18)19)8-13(16)10-4-2-1-3-5-10/h1-7,9,13H,8,16H2. The number of hydrogen-bond donors (Lipinski definition) is 1. The van der Waals surface area contributed by atoms with Gasteiger partial charge in [-0.1, -0.05) is 30.3 Å². The van der Waals surface area contributed by atoms with Gasteiger partial charge in [0.1, 0.15) is 5.82 Å². The minimum absolute atomic E-state index is 0.230. The van der Waals surface area contributed by atoms with Gasteiger partial charge in [-0.25, -0.2) is 4.39 Å². The third-order valence-corrected chi connectivity index (χ3v) is 2.91. The molecule has 98 valence electrons. The van der Waals surface area contributed by atoms with Gasteiger partial charge in [0.05, 0.1) is 11.0 Å². The smallest absolute Gasteiger partial charge is 0.275 e. The summed E-state index contributed by atoms with van der Waals surface area (Å²) >= 11 is 0. The first-order valence-corrected chi connectivity index (χ1v) is 5.81. The van der Waals surface area contributed by atoms with Crippen LogP contribution in [0.2, 0.25) is 0 Å². The molecule has 0 fully saturated rings. The molecule has 0 aliphatic carbocycles. The zero-order chi connectivity index (χ0) is 13.8. The maximum atomic E-state index is 13.0. The summed E-state index contributed by atoms with van der Waals surface area (Å²) in [5.41, 5.74) is 7.11. The fourth-order valence-electron chi connectivity index (χ4n) is 1.93. The Morgan fingerprint density at radius 1 is 1.21 bits per heavy atom. The first-order chi connectivity index (χ1) is 9.08. The van der Waals surface area contributed by atoms with Crippen LogP contribution in [0.3, 0.4) is 0 Å². The van der Waals surface area contributed by atoms with Crippen LogP contribution in [0.5, 0.6) is 0 Å².